The summed E-state index contributed by atoms with van der Waals surface area (Å²) in [6, 6.07) is 50.2. The molecule has 0 bridgehead atoms. The second-order valence-electron chi connectivity index (χ2n) is 10.2. The first-order chi connectivity index (χ1) is 20.3. The van der Waals surface area contributed by atoms with Crippen molar-refractivity contribution in [3.8, 4) is 45.0 Å². The molecule has 0 saturated heterocycles. The van der Waals surface area contributed by atoms with Crippen LogP contribution in [0.3, 0.4) is 0 Å². The van der Waals surface area contributed by atoms with Crippen molar-refractivity contribution in [2.45, 2.75) is 0 Å². The number of aromatic nitrogens is 2. The molecule has 3 nitrogen and oxygen atoms in total. The minimum absolute atomic E-state index is 0.713. The maximum Gasteiger partial charge on any atom is 0.160 e. The maximum absolute atomic E-state index is 6.13. The molecule has 0 amide bonds. The molecule has 2 heterocycles. The largest absolute Gasteiger partial charge is 0.456 e. The minimum atomic E-state index is 0.713. The van der Waals surface area contributed by atoms with Crippen LogP contribution in [0.15, 0.2) is 150 Å². The van der Waals surface area contributed by atoms with Crippen LogP contribution in [0.25, 0.3) is 77.7 Å². The van der Waals surface area contributed by atoms with Gasteiger partial charge in [-0.15, -0.1) is 0 Å². The molecule has 0 aliphatic carbocycles. The minimum Gasteiger partial charge on any atom is -0.456 e. The molecule has 0 radical (unpaired) electrons. The van der Waals surface area contributed by atoms with Crippen LogP contribution in [-0.2, 0) is 0 Å². The van der Waals surface area contributed by atoms with Crippen molar-refractivity contribution in [2.75, 3.05) is 0 Å². The van der Waals surface area contributed by atoms with Gasteiger partial charge in [-0.3, -0.25) is 0 Å². The normalized spacial score (nSPS) is 11.4. The number of hydrogen-bond donors (Lipinski definition) is 0. The van der Waals surface area contributed by atoms with E-state index in [0.717, 1.165) is 61.1 Å². The van der Waals surface area contributed by atoms with Crippen molar-refractivity contribution in [1.29, 1.82) is 0 Å². The fourth-order valence-corrected chi connectivity index (χ4v) is 5.73. The summed E-state index contributed by atoms with van der Waals surface area (Å²) in [6.45, 7) is 0. The van der Waals surface area contributed by atoms with Gasteiger partial charge in [-0.1, -0.05) is 127 Å². The molecule has 2 aromatic heterocycles. The third-order valence-corrected chi connectivity index (χ3v) is 7.72. The van der Waals surface area contributed by atoms with Gasteiger partial charge in [0.25, 0.3) is 0 Å². The molecule has 8 rings (SSSR count). The molecular weight excluding hydrogens is 500 g/mol. The van der Waals surface area contributed by atoms with Crippen molar-refractivity contribution in [1.82, 2.24) is 9.97 Å². The Balaban J connectivity index is 1.27. The Labute approximate surface area is 237 Å². The fourth-order valence-electron chi connectivity index (χ4n) is 5.73. The maximum atomic E-state index is 6.13. The van der Waals surface area contributed by atoms with Crippen molar-refractivity contribution < 1.29 is 4.42 Å². The molecule has 3 heteroatoms. The summed E-state index contributed by atoms with van der Waals surface area (Å²) in [5.41, 5.74) is 9.02. The van der Waals surface area contributed by atoms with Crippen LogP contribution in [0.1, 0.15) is 0 Å². The van der Waals surface area contributed by atoms with Gasteiger partial charge in [-0.25, -0.2) is 9.97 Å². The zero-order chi connectivity index (χ0) is 27.2. The summed E-state index contributed by atoms with van der Waals surface area (Å²) in [5, 5.41) is 4.64. The number of nitrogens with zero attached hydrogens (tertiary/aromatic N) is 2. The van der Waals surface area contributed by atoms with E-state index in [0.29, 0.717) is 5.82 Å². The van der Waals surface area contributed by atoms with Gasteiger partial charge in [-0.05, 0) is 40.1 Å². The van der Waals surface area contributed by atoms with Crippen LogP contribution in [0.4, 0.5) is 0 Å². The van der Waals surface area contributed by atoms with Crippen molar-refractivity contribution in [2.24, 2.45) is 0 Å². The van der Waals surface area contributed by atoms with Gasteiger partial charge < -0.3 is 4.42 Å². The van der Waals surface area contributed by atoms with E-state index in [1.54, 1.807) is 0 Å². The Kier molecular flexibility index (Phi) is 5.46. The Hall–Kier alpha value is -5.54. The van der Waals surface area contributed by atoms with Gasteiger partial charge in [0.2, 0.25) is 0 Å². The van der Waals surface area contributed by atoms with Crippen molar-refractivity contribution >= 4 is 32.7 Å². The standard InChI is InChI=1S/C38H24N2O/c1-2-11-28(12-3-1)38-39-33(24-34(40-38)31-17-8-13-25-10-4-5-14-29(25)31)27-22-20-26(21-23-27)30-16-9-19-36-37(30)32-15-6-7-18-35(32)41-36/h1-24H. The van der Waals surface area contributed by atoms with E-state index in [1.807, 2.05) is 36.4 Å². The Morgan fingerprint density at radius 1 is 0.415 bits per heavy atom. The lowest BCUT2D eigenvalue weighted by Crippen LogP contribution is -1.96. The number of para-hydroxylation sites is 1. The van der Waals surface area contributed by atoms with E-state index >= 15 is 0 Å². The first-order valence-electron chi connectivity index (χ1n) is 13.8. The summed E-state index contributed by atoms with van der Waals surface area (Å²) in [6.07, 6.45) is 0. The highest BCUT2D eigenvalue weighted by Crippen LogP contribution is 2.37. The molecule has 0 unspecified atom stereocenters. The third kappa shape index (κ3) is 4.07. The number of hydrogen-bond acceptors (Lipinski definition) is 3. The van der Waals surface area contributed by atoms with Gasteiger partial charge in [-0.2, -0.15) is 0 Å². The number of furan rings is 1. The predicted octanol–water partition coefficient (Wildman–Crippen LogP) is 10.2. The summed E-state index contributed by atoms with van der Waals surface area (Å²) in [7, 11) is 0. The third-order valence-electron chi connectivity index (χ3n) is 7.72. The van der Waals surface area contributed by atoms with Crippen LogP contribution in [0, 0.1) is 0 Å². The lowest BCUT2D eigenvalue weighted by molar-refractivity contribution is 0.669. The Morgan fingerprint density at radius 2 is 1.05 bits per heavy atom. The van der Waals surface area contributed by atoms with Crippen LogP contribution >= 0.6 is 0 Å². The summed E-state index contributed by atoms with van der Waals surface area (Å²) in [4.78, 5) is 10.1. The van der Waals surface area contributed by atoms with Gasteiger partial charge in [0.05, 0.1) is 11.4 Å². The van der Waals surface area contributed by atoms with Gasteiger partial charge in [0.1, 0.15) is 11.2 Å². The van der Waals surface area contributed by atoms with Crippen molar-refractivity contribution in [3.05, 3.63) is 146 Å². The highest BCUT2D eigenvalue weighted by molar-refractivity contribution is 6.12. The first-order valence-corrected chi connectivity index (χ1v) is 13.8. The average Bonchev–Trinajstić information content (AvgIpc) is 3.44. The molecule has 192 valence electrons. The predicted molar refractivity (Wildman–Crippen MR) is 169 cm³/mol. The highest BCUT2D eigenvalue weighted by atomic mass is 16.3. The fraction of sp³-hybridized carbons (Fsp3) is 0. The van der Waals surface area contributed by atoms with Crippen LogP contribution < -0.4 is 0 Å². The zero-order valence-corrected chi connectivity index (χ0v) is 22.2. The van der Waals surface area contributed by atoms with E-state index in [1.165, 1.54) is 10.8 Å². The molecule has 0 aliphatic heterocycles. The molecule has 6 aromatic carbocycles. The lowest BCUT2D eigenvalue weighted by atomic mass is 9.97. The lowest BCUT2D eigenvalue weighted by Gasteiger charge is -2.12. The van der Waals surface area contributed by atoms with E-state index in [-0.39, 0.29) is 0 Å². The second kappa shape index (κ2) is 9.58. The molecule has 41 heavy (non-hydrogen) atoms. The summed E-state index contributed by atoms with van der Waals surface area (Å²) < 4.78 is 6.13. The van der Waals surface area contributed by atoms with E-state index in [9.17, 15) is 0 Å². The number of benzene rings is 6. The molecule has 0 N–H and O–H groups in total. The molecule has 0 atom stereocenters. The summed E-state index contributed by atoms with van der Waals surface area (Å²) >= 11 is 0. The quantitative estimate of drug-likeness (QED) is 0.230. The van der Waals surface area contributed by atoms with Gasteiger partial charge >= 0.3 is 0 Å². The Bertz CT molecular complexity index is 2190. The molecule has 0 fully saturated rings. The van der Waals surface area contributed by atoms with Crippen LogP contribution in [0.2, 0.25) is 0 Å². The molecular formula is C38H24N2O. The smallest absolute Gasteiger partial charge is 0.160 e. The average molecular weight is 525 g/mol. The van der Waals surface area contributed by atoms with E-state index < -0.39 is 0 Å². The second-order valence-corrected chi connectivity index (χ2v) is 10.2. The van der Waals surface area contributed by atoms with E-state index in [4.69, 9.17) is 14.4 Å². The topological polar surface area (TPSA) is 38.9 Å². The SMILES string of the molecule is c1ccc(-c2nc(-c3ccc(-c4cccc5oc6ccccc6c45)cc3)cc(-c3cccc4ccccc34)n2)cc1. The van der Waals surface area contributed by atoms with E-state index in [2.05, 4.69) is 109 Å². The van der Waals surface area contributed by atoms with Gasteiger partial charge in [0.15, 0.2) is 5.82 Å². The van der Waals surface area contributed by atoms with Gasteiger partial charge in [0, 0.05) is 27.5 Å². The highest BCUT2D eigenvalue weighted by Gasteiger charge is 2.15. The Morgan fingerprint density at radius 3 is 1.93 bits per heavy atom. The molecule has 0 spiro atoms. The zero-order valence-electron chi connectivity index (χ0n) is 22.2. The summed E-state index contributed by atoms with van der Waals surface area (Å²) in [5.74, 6) is 0.713. The number of fused-ring (bicyclic) bond motifs is 4. The van der Waals surface area contributed by atoms with Crippen LogP contribution in [0.5, 0.6) is 0 Å². The number of rotatable bonds is 4. The molecule has 0 saturated carbocycles. The first kappa shape index (κ1) is 23.4. The monoisotopic (exact) mass is 524 g/mol. The van der Waals surface area contributed by atoms with Crippen LogP contribution in [-0.4, -0.2) is 9.97 Å². The molecule has 8 aromatic rings. The van der Waals surface area contributed by atoms with Crippen molar-refractivity contribution in [3.63, 3.8) is 0 Å². The molecule has 0 aliphatic rings.